The van der Waals surface area contributed by atoms with Crippen molar-refractivity contribution in [2.24, 2.45) is 0 Å². The van der Waals surface area contributed by atoms with Crippen LogP contribution in [0.15, 0.2) is 77.3 Å². The molecule has 0 radical (unpaired) electrons. The molecule has 3 aromatic carbocycles. The van der Waals surface area contributed by atoms with Crippen molar-refractivity contribution in [3.8, 4) is 22.4 Å². The molecule has 1 aliphatic rings. The van der Waals surface area contributed by atoms with Crippen LogP contribution in [-0.4, -0.2) is 4.98 Å². The Hall–Kier alpha value is -3.39. The molecule has 0 saturated carbocycles. The van der Waals surface area contributed by atoms with Crippen LogP contribution in [0.3, 0.4) is 0 Å². The first-order valence-corrected chi connectivity index (χ1v) is 11.2. The van der Waals surface area contributed by atoms with E-state index < -0.39 is 0 Å². The summed E-state index contributed by atoms with van der Waals surface area (Å²) in [7, 11) is 0. The normalized spacial score (nSPS) is 14.2. The minimum Gasteiger partial charge on any atom is -0.455 e. The Labute approximate surface area is 182 Å². The van der Waals surface area contributed by atoms with Crippen LogP contribution in [0.25, 0.3) is 44.3 Å². The van der Waals surface area contributed by atoms with Gasteiger partial charge in [0.25, 0.3) is 0 Å². The molecule has 0 unspecified atom stereocenters. The summed E-state index contributed by atoms with van der Waals surface area (Å²) in [5, 5.41) is 2.34. The van der Waals surface area contributed by atoms with Crippen LogP contribution in [-0.2, 0) is 5.41 Å². The van der Waals surface area contributed by atoms with Gasteiger partial charge in [0, 0.05) is 27.9 Å². The van der Waals surface area contributed by atoms with E-state index in [-0.39, 0.29) is 5.41 Å². The Bertz CT molecular complexity index is 1460. The molecule has 152 valence electrons. The Morgan fingerprint density at radius 3 is 2.39 bits per heavy atom. The van der Waals surface area contributed by atoms with Crippen LogP contribution in [0, 0.1) is 6.92 Å². The maximum absolute atomic E-state index is 6.59. The van der Waals surface area contributed by atoms with E-state index in [4.69, 9.17) is 4.42 Å². The van der Waals surface area contributed by atoms with Gasteiger partial charge in [0.2, 0.25) is 0 Å². The van der Waals surface area contributed by atoms with Crippen molar-refractivity contribution < 1.29 is 4.42 Å². The third-order valence-electron chi connectivity index (χ3n) is 7.36. The van der Waals surface area contributed by atoms with Crippen molar-refractivity contribution in [1.29, 1.82) is 0 Å². The standard InChI is InChI=1S/C29H25NO/c1-4-29(5-2)23-11-7-6-10-19(23)21-16-22-20-14-13-18(3)27(25-12-8-9-15-30-25)28(20)31-26(22)17-24(21)29/h6-17H,4-5H2,1-3H3. The lowest BCUT2D eigenvalue weighted by molar-refractivity contribution is 0.490. The van der Waals surface area contributed by atoms with Gasteiger partial charge in [-0.25, -0.2) is 0 Å². The molecule has 1 aliphatic carbocycles. The highest BCUT2D eigenvalue weighted by Gasteiger charge is 2.40. The minimum atomic E-state index is 0.0544. The summed E-state index contributed by atoms with van der Waals surface area (Å²) in [6, 6.07) is 24.0. The topological polar surface area (TPSA) is 26.0 Å². The van der Waals surface area contributed by atoms with Crippen molar-refractivity contribution in [2.75, 3.05) is 0 Å². The molecule has 2 heteroatoms. The van der Waals surface area contributed by atoms with E-state index in [0.717, 1.165) is 40.7 Å². The van der Waals surface area contributed by atoms with Crippen LogP contribution in [0.4, 0.5) is 0 Å². The van der Waals surface area contributed by atoms with E-state index >= 15 is 0 Å². The maximum atomic E-state index is 6.59. The molecule has 5 aromatic rings. The summed E-state index contributed by atoms with van der Waals surface area (Å²) in [4.78, 5) is 4.61. The summed E-state index contributed by atoms with van der Waals surface area (Å²) in [5.41, 5.74) is 10.8. The number of hydrogen-bond acceptors (Lipinski definition) is 2. The lowest BCUT2D eigenvalue weighted by Crippen LogP contribution is -2.22. The van der Waals surface area contributed by atoms with Gasteiger partial charge < -0.3 is 4.42 Å². The predicted molar refractivity (Wildman–Crippen MR) is 128 cm³/mol. The van der Waals surface area contributed by atoms with E-state index in [2.05, 4.69) is 80.4 Å². The second-order valence-electron chi connectivity index (χ2n) is 8.68. The Morgan fingerprint density at radius 2 is 1.61 bits per heavy atom. The van der Waals surface area contributed by atoms with Gasteiger partial charge in [-0.15, -0.1) is 0 Å². The van der Waals surface area contributed by atoms with Gasteiger partial charge in [-0.05, 0) is 71.8 Å². The molecular formula is C29H25NO. The van der Waals surface area contributed by atoms with Crippen molar-refractivity contribution in [3.63, 3.8) is 0 Å². The lowest BCUT2D eigenvalue weighted by Gasteiger charge is -2.29. The SMILES string of the molecule is CCC1(CC)c2ccccc2-c2cc3c(cc21)oc1c(-c2ccccn2)c(C)ccc13. The number of fused-ring (bicyclic) bond motifs is 6. The lowest BCUT2D eigenvalue weighted by atomic mass is 9.74. The Morgan fingerprint density at radius 1 is 0.806 bits per heavy atom. The maximum Gasteiger partial charge on any atom is 0.145 e. The van der Waals surface area contributed by atoms with Gasteiger partial charge >= 0.3 is 0 Å². The summed E-state index contributed by atoms with van der Waals surface area (Å²) >= 11 is 0. The first kappa shape index (κ1) is 18.4. The Kier molecular flexibility index (Phi) is 3.89. The van der Waals surface area contributed by atoms with Crippen molar-refractivity contribution in [3.05, 3.63) is 89.6 Å². The van der Waals surface area contributed by atoms with Crippen molar-refractivity contribution >= 4 is 21.9 Å². The fourth-order valence-electron chi connectivity index (χ4n) is 5.72. The fraction of sp³-hybridized carbons (Fsp3) is 0.207. The average molecular weight is 404 g/mol. The van der Waals surface area contributed by atoms with E-state index in [1.807, 2.05) is 18.3 Å². The molecule has 2 aromatic heterocycles. The highest BCUT2D eigenvalue weighted by molar-refractivity contribution is 6.11. The number of rotatable bonds is 3. The van der Waals surface area contributed by atoms with Crippen LogP contribution < -0.4 is 0 Å². The van der Waals surface area contributed by atoms with Gasteiger partial charge in [-0.3, -0.25) is 4.98 Å². The van der Waals surface area contributed by atoms with Crippen LogP contribution in [0.2, 0.25) is 0 Å². The van der Waals surface area contributed by atoms with Crippen molar-refractivity contribution in [1.82, 2.24) is 4.98 Å². The van der Waals surface area contributed by atoms with E-state index in [0.29, 0.717) is 0 Å². The molecule has 2 heterocycles. The number of hydrogen-bond donors (Lipinski definition) is 0. The van der Waals surface area contributed by atoms with E-state index in [1.165, 1.54) is 33.2 Å². The molecule has 0 atom stereocenters. The van der Waals surface area contributed by atoms with Crippen molar-refractivity contribution in [2.45, 2.75) is 39.0 Å². The quantitative estimate of drug-likeness (QED) is 0.305. The molecule has 2 nitrogen and oxygen atoms in total. The van der Waals surface area contributed by atoms with E-state index in [9.17, 15) is 0 Å². The van der Waals surface area contributed by atoms with Gasteiger partial charge in [0.15, 0.2) is 0 Å². The zero-order valence-corrected chi connectivity index (χ0v) is 18.2. The van der Waals surface area contributed by atoms with Gasteiger partial charge in [0.05, 0.1) is 5.69 Å². The number of pyridine rings is 1. The monoisotopic (exact) mass is 403 g/mol. The first-order valence-electron chi connectivity index (χ1n) is 11.2. The molecule has 0 N–H and O–H groups in total. The summed E-state index contributed by atoms with van der Waals surface area (Å²) in [6.45, 7) is 6.74. The molecule has 0 fully saturated rings. The highest BCUT2D eigenvalue weighted by atomic mass is 16.3. The average Bonchev–Trinajstić information content (AvgIpc) is 3.31. The smallest absolute Gasteiger partial charge is 0.145 e. The number of furan rings is 1. The number of nitrogens with zero attached hydrogens (tertiary/aromatic N) is 1. The molecule has 0 saturated heterocycles. The largest absolute Gasteiger partial charge is 0.455 e. The van der Waals surface area contributed by atoms with Crippen LogP contribution in [0.1, 0.15) is 43.4 Å². The van der Waals surface area contributed by atoms with Crippen LogP contribution in [0.5, 0.6) is 0 Å². The molecular weight excluding hydrogens is 378 g/mol. The fourth-order valence-corrected chi connectivity index (χ4v) is 5.72. The van der Waals surface area contributed by atoms with E-state index in [1.54, 1.807) is 0 Å². The molecule has 0 spiro atoms. The molecule has 31 heavy (non-hydrogen) atoms. The van der Waals surface area contributed by atoms with Crippen LogP contribution >= 0.6 is 0 Å². The summed E-state index contributed by atoms with van der Waals surface area (Å²) < 4.78 is 6.59. The summed E-state index contributed by atoms with van der Waals surface area (Å²) in [5.74, 6) is 0. The number of aromatic nitrogens is 1. The molecule has 6 rings (SSSR count). The third-order valence-corrected chi connectivity index (χ3v) is 7.36. The zero-order valence-electron chi connectivity index (χ0n) is 18.2. The van der Waals surface area contributed by atoms with Gasteiger partial charge in [0.1, 0.15) is 11.2 Å². The number of benzene rings is 3. The molecule has 0 amide bonds. The molecule has 0 aliphatic heterocycles. The van der Waals surface area contributed by atoms with Gasteiger partial charge in [-0.1, -0.05) is 56.3 Å². The Balaban J connectivity index is 1.71. The predicted octanol–water partition coefficient (Wildman–Crippen LogP) is 8.04. The first-order chi connectivity index (χ1) is 15.2. The second-order valence-corrected chi connectivity index (χ2v) is 8.68. The highest BCUT2D eigenvalue weighted by Crippen LogP contribution is 2.54. The third kappa shape index (κ3) is 2.36. The summed E-state index contributed by atoms with van der Waals surface area (Å²) in [6.07, 6.45) is 4.01. The number of aryl methyl sites for hydroxylation is 1. The van der Waals surface area contributed by atoms with Gasteiger partial charge in [-0.2, -0.15) is 0 Å². The zero-order chi connectivity index (χ0) is 21.2. The minimum absolute atomic E-state index is 0.0544. The second kappa shape index (κ2) is 6.55. The molecule has 0 bridgehead atoms.